The molecule has 112 valence electrons. The summed E-state index contributed by atoms with van der Waals surface area (Å²) in [6.45, 7) is 2.52. The van der Waals surface area contributed by atoms with Crippen LogP contribution in [0.3, 0.4) is 0 Å². The van der Waals surface area contributed by atoms with Crippen LogP contribution in [-0.4, -0.2) is 32.5 Å². The van der Waals surface area contributed by atoms with E-state index in [0.29, 0.717) is 6.54 Å². The van der Waals surface area contributed by atoms with Crippen molar-refractivity contribution in [3.63, 3.8) is 0 Å². The first-order chi connectivity index (χ1) is 10.0. The van der Waals surface area contributed by atoms with E-state index in [9.17, 15) is 10.1 Å². The molecule has 0 bridgehead atoms. The van der Waals surface area contributed by atoms with Crippen LogP contribution in [0.15, 0.2) is 30.5 Å². The number of nitro groups is 1. The zero-order chi connectivity index (χ0) is 15.4. The highest BCUT2D eigenvalue weighted by Gasteiger charge is 2.12. The molecule has 0 aliphatic heterocycles. The molecule has 0 saturated heterocycles. The molecule has 1 unspecified atom stereocenters. The van der Waals surface area contributed by atoms with Crippen molar-refractivity contribution in [2.45, 2.75) is 19.5 Å². The van der Waals surface area contributed by atoms with E-state index in [1.807, 2.05) is 20.2 Å². The summed E-state index contributed by atoms with van der Waals surface area (Å²) in [5.74, 6) is 0. The highest BCUT2D eigenvalue weighted by molar-refractivity contribution is 5.64. The minimum absolute atomic E-state index is 0.00471. The molecule has 2 rings (SSSR count). The average Bonchev–Trinajstić information content (AvgIpc) is 2.85. The number of rotatable bonds is 6. The lowest BCUT2D eigenvalue weighted by molar-refractivity contribution is -0.384. The minimum Gasteiger partial charge on any atom is -0.395 e. The number of nitrogens with zero attached hydrogens (tertiary/aromatic N) is 3. The molecule has 0 radical (unpaired) electrons. The third-order valence-electron chi connectivity index (χ3n) is 3.17. The van der Waals surface area contributed by atoms with Gasteiger partial charge in [-0.05, 0) is 19.1 Å². The Labute approximate surface area is 122 Å². The minimum atomic E-state index is -0.423. The number of hydrogen-bond acceptors (Lipinski definition) is 5. The van der Waals surface area contributed by atoms with Gasteiger partial charge >= 0.3 is 0 Å². The number of nitrogens with one attached hydrogen (secondary N) is 1. The fraction of sp³-hybridized carbons (Fsp3) is 0.357. The first-order valence-corrected chi connectivity index (χ1v) is 6.63. The Kier molecular flexibility index (Phi) is 4.66. The molecule has 1 atom stereocenters. The van der Waals surface area contributed by atoms with Crippen molar-refractivity contribution >= 4 is 5.69 Å². The zero-order valence-corrected chi connectivity index (χ0v) is 12.0. The molecule has 2 aromatic rings. The second-order valence-corrected chi connectivity index (χ2v) is 4.95. The topological polar surface area (TPSA) is 93.2 Å². The molecule has 0 spiro atoms. The van der Waals surface area contributed by atoms with Gasteiger partial charge < -0.3 is 10.4 Å². The number of aryl methyl sites for hydroxylation is 1. The lowest BCUT2D eigenvalue weighted by Crippen LogP contribution is -2.28. The lowest BCUT2D eigenvalue weighted by Gasteiger charge is -2.10. The number of aromatic nitrogens is 2. The summed E-state index contributed by atoms with van der Waals surface area (Å²) in [5.41, 5.74) is 2.65. The molecule has 2 N–H and O–H groups in total. The van der Waals surface area contributed by atoms with Crippen LogP contribution in [0.1, 0.15) is 12.5 Å². The van der Waals surface area contributed by atoms with E-state index < -0.39 is 4.92 Å². The van der Waals surface area contributed by atoms with Gasteiger partial charge in [-0.2, -0.15) is 5.10 Å². The third kappa shape index (κ3) is 3.65. The smallest absolute Gasteiger partial charge is 0.269 e. The van der Waals surface area contributed by atoms with E-state index in [1.165, 1.54) is 12.1 Å². The van der Waals surface area contributed by atoms with Crippen LogP contribution in [0, 0.1) is 10.1 Å². The van der Waals surface area contributed by atoms with Crippen LogP contribution in [0.2, 0.25) is 0 Å². The number of aliphatic hydroxyl groups excluding tert-OH is 1. The summed E-state index contributed by atoms with van der Waals surface area (Å²) in [5, 5.41) is 27.3. The van der Waals surface area contributed by atoms with Crippen molar-refractivity contribution in [1.29, 1.82) is 0 Å². The molecule has 0 fully saturated rings. The van der Waals surface area contributed by atoms with Crippen LogP contribution in [0.25, 0.3) is 11.3 Å². The number of non-ortho nitro benzene ring substituents is 1. The maximum atomic E-state index is 10.7. The van der Waals surface area contributed by atoms with Gasteiger partial charge in [-0.25, -0.2) is 0 Å². The SMILES string of the molecule is CC(CO)NCc1cn(C)nc1-c1ccc([N+](=O)[O-])cc1. The molecule has 0 aliphatic rings. The van der Waals surface area contributed by atoms with Crippen LogP contribution in [0.4, 0.5) is 5.69 Å². The second-order valence-electron chi connectivity index (χ2n) is 4.95. The van der Waals surface area contributed by atoms with E-state index >= 15 is 0 Å². The van der Waals surface area contributed by atoms with Crippen LogP contribution >= 0.6 is 0 Å². The summed E-state index contributed by atoms with van der Waals surface area (Å²) < 4.78 is 1.71. The van der Waals surface area contributed by atoms with Gasteiger partial charge in [-0.1, -0.05) is 0 Å². The standard InChI is InChI=1S/C14H18N4O3/c1-10(9-19)15-7-12-8-17(2)16-14(12)11-3-5-13(6-4-11)18(20)21/h3-6,8,10,15,19H,7,9H2,1-2H3. The van der Waals surface area contributed by atoms with Crippen molar-refractivity contribution in [3.05, 3.63) is 46.1 Å². The summed E-state index contributed by atoms with van der Waals surface area (Å²) in [6, 6.07) is 6.32. The van der Waals surface area contributed by atoms with Gasteiger partial charge in [0.15, 0.2) is 0 Å². The summed E-state index contributed by atoms with van der Waals surface area (Å²) >= 11 is 0. The van der Waals surface area contributed by atoms with Crippen molar-refractivity contribution in [3.8, 4) is 11.3 Å². The number of benzene rings is 1. The van der Waals surface area contributed by atoms with E-state index in [4.69, 9.17) is 5.11 Å². The summed E-state index contributed by atoms with van der Waals surface area (Å²) in [7, 11) is 1.83. The molecule has 0 saturated carbocycles. The first kappa shape index (κ1) is 15.1. The van der Waals surface area contributed by atoms with Crippen LogP contribution in [-0.2, 0) is 13.6 Å². The Morgan fingerprint density at radius 2 is 2.10 bits per heavy atom. The largest absolute Gasteiger partial charge is 0.395 e. The Hall–Kier alpha value is -2.25. The Morgan fingerprint density at radius 1 is 1.43 bits per heavy atom. The van der Waals surface area contributed by atoms with Crippen LogP contribution in [0.5, 0.6) is 0 Å². The number of aliphatic hydroxyl groups is 1. The predicted molar refractivity (Wildman–Crippen MR) is 78.7 cm³/mol. The molecule has 1 aromatic carbocycles. The Morgan fingerprint density at radius 3 is 2.67 bits per heavy atom. The lowest BCUT2D eigenvalue weighted by atomic mass is 10.1. The van der Waals surface area contributed by atoms with Gasteiger partial charge in [0.25, 0.3) is 5.69 Å². The zero-order valence-electron chi connectivity index (χ0n) is 12.0. The average molecular weight is 290 g/mol. The number of nitro benzene ring substituents is 1. The molecule has 1 heterocycles. The van der Waals surface area contributed by atoms with Crippen molar-refractivity contribution in [2.24, 2.45) is 7.05 Å². The quantitative estimate of drug-likeness (QED) is 0.620. The first-order valence-electron chi connectivity index (χ1n) is 6.63. The summed E-state index contributed by atoms with van der Waals surface area (Å²) in [6.07, 6.45) is 1.90. The van der Waals surface area contributed by atoms with Crippen LogP contribution < -0.4 is 5.32 Å². The van der Waals surface area contributed by atoms with Crippen molar-refractivity contribution in [1.82, 2.24) is 15.1 Å². The number of hydrogen-bond donors (Lipinski definition) is 2. The predicted octanol–water partition coefficient (Wildman–Crippen LogP) is 1.47. The maximum absolute atomic E-state index is 10.7. The molecule has 0 amide bonds. The normalized spacial score (nSPS) is 12.3. The molecule has 7 heteroatoms. The van der Waals surface area contributed by atoms with E-state index in [0.717, 1.165) is 16.8 Å². The highest BCUT2D eigenvalue weighted by Crippen LogP contribution is 2.24. The Balaban J connectivity index is 2.24. The Bertz CT molecular complexity index is 622. The van der Waals surface area contributed by atoms with E-state index in [2.05, 4.69) is 10.4 Å². The van der Waals surface area contributed by atoms with Gasteiger partial charge in [0.2, 0.25) is 0 Å². The van der Waals surface area contributed by atoms with Gasteiger partial charge in [-0.3, -0.25) is 14.8 Å². The van der Waals surface area contributed by atoms with Crippen molar-refractivity contribution in [2.75, 3.05) is 6.61 Å². The molecular formula is C14H18N4O3. The van der Waals surface area contributed by atoms with Gasteiger partial charge in [0, 0.05) is 49.1 Å². The second kappa shape index (κ2) is 6.47. The molecule has 7 nitrogen and oxygen atoms in total. The molecule has 1 aromatic heterocycles. The fourth-order valence-corrected chi connectivity index (χ4v) is 2.00. The maximum Gasteiger partial charge on any atom is 0.269 e. The van der Waals surface area contributed by atoms with Gasteiger partial charge in [0.05, 0.1) is 17.2 Å². The third-order valence-corrected chi connectivity index (χ3v) is 3.17. The van der Waals surface area contributed by atoms with Crippen molar-refractivity contribution < 1.29 is 10.0 Å². The van der Waals surface area contributed by atoms with Gasteiger partial charge in [-0.15, -0.1) is 0 Å². The van der Waals surface area contributed by atoms with E-state index in [1.54, 1.807) is 16.8 Å². The van der Waals surface area contributed by atoms with E-state index in [-0.39, 0.29) is 18.3 Å². The molecular weight excluding hydrogens is 272 g/mol. The summed E-state index contributed by atoms with van der Waals surface area (Å²) in [4.78, 5) is 10.3. The molecule has 21 heavy (non-hydrogen) atoms. The van der Waals surface area contributed by atoms with Gasteiger partial charge in [0.1, 0.15) is 0 Å². The monoisotopic (exact) mass is 290 g/mol. The highest BCUT2D eigenvalue weighted by atomic mass is 16.6. The fourth-order valence-electron chi connectivity index (χ4n) is 2.00. The molecule has 0 aliphatic carbocycles.